The van der Waals surface area contributed by atoms with Gasteiger partial charge in [-0.15, -0.1) is 0 Å². The normalized spacial score (nSPS) is 8.86. The van der Waals surface area contributed by atoms with E-state index in [1.165, 1.54) is 0 Å². The molecule has 0 saturated carbocycles. The van der Waals surface area contributed by atoms with Gasteiger partial charge in [0.25, 0.3) is 0 Å². The van der Waals surface area contributed by atoms with E-state index in [0.717, 1.165) is 0 Å². The predicted molar refractivity (Wildman–Crippen MR) is 81.2 cm³/mol. The molecule has 0 unspecified atom stereocenters. The largest absolute Gasteiger partial charge is 0.508 e. The number of aromatic hydroxyl groups is 2. The second-order valence-corrected chi connectivity index (χ2v) is 3.73. The van der Waals surface area contributed by atoms with Gasteiger partial charge in [0.2, 0.25) is 0 Å². The molecular weight excluding hydrogens is 272 g/mol. The van der Waals surface area contributed by atoms with E-state index in [-0.39, 0.29) is 13.2 Å². The molecule has 0 amide bonds. The molecule has 0 aliphatic carbocycles. The summed E-state index contributed by atoms with van der Waals surface area (Å²) in [5.41, 5.74) is 0. The van der Waals surface area contributed by atoms with Crippen LogP contribution in [-0.2, 0) is 4.74 Å². The van der Waals surface area contributed by atoms with Gasteiger partial charge in [-0.2, -0.15) is 0 Å². The van der Waals surface area contributed by atoms with Gasteiger partial charge in [0.05, 0.1) is 26.4 Å². The molecule has 0 atom stereocenters. The summed E-state index contributed by atoms with van der Waals surface area (Å²) in [7, 11) is 0. The molecule has 21 heavy (non-hydrogen) atoms. The zero-order valence-corrected chi connectivity index (χ0v) is 11.8. The molecule has 0 radical (unpaired) electrons. The molecule has 116 valence electrons. The number of aliphatic hydroxyl groups excluding tert-OH is 2. The van der Waals surface area contributed by atoms with Crippen molar-refractivity contribution in [3.63, 3.8) is 0 Å². The zero-order chi connectivity index (χ0) is 15.8. The highest BCUT2D eigenvalue weighted by atomic mass is 16.5. The average molecular weight is 294 g/mol. The Kier molecular flexibility index (Phi) is 12.9. The Labute approximate surface area is 124 Å². The van der Waals surface area contributed by atoms with Crippen LogP contribution in [0.1, 0.15) is 0 Å². The molecule has 0 aromatic heterocycles. The maximum Gasteiger partial charge on any atom is 0.115 e. The number of ether oxygens (including phenoxy) is 1. The van der Waals surface area contributed by atoms with E-state index in [0.29, 0.717) is 24.7 Å². The van der Waals surface area contributed by atoms with Crippen LogP contribution < -0.4 is 0 Å². The second-order valence-electron chi connectivity index (χ2n) is 3.73. The third-order valence-electron chi connectivity index (χ3n) is 1.98. The van der Waals surface area contributed by atoms with Gasteiger partial charge in [-0.3, -0.25) is 0 Å². The summed E-state index contributed by atoms with van der Waals surface area (Å²) in [5.74, 6) is 0.644. The SMILES string of the molecule is OCCOCCO.Oc1ccccc1.Oc1ccccc1. The minimum absolute atomic E-state index is 0.0278. The predicted octanol–water partition coefficient (Wildman–Crippen LogP) is 1.77. The molecule has 4 N–H and O–H groups in total. The Hall–Kier alpha value is -2.08. The molecule has 0 bridgehead atoms. The molecule has 0 fully saturated rings. The van der Waals surface area contributed by atoms with E-state index in [1.807, 2.05) is 12.1 Å². The van der Waals surface area contributed by atoms with Crippen molar-refractivity contribution in [2.24, 2.45) is 0 Å². The molecule has 0 aliphatic rings. The van der Waals surface area contributed by atoms with Crippen LogP contribution in [0.2, 0.25) is 0 Å². The first-order valence-electron chi connectivity index (χ1n) is 6.48. The van der Waals surface area contributed by atoms with Crippen molar-refractivity contribution >= 4 is 0 Å². The standard InChI is InChI=1S/2C6H6O.C4H10O3/c2*7-6-4-2-1-3-5-6;5-1-3-7-4-2-6/h2*1-5,7H;5-6H,1-4H2. The van der Waals surface area contributed by atoms with Crippen molar-refractivity contribution in [2.45, 2.75) is 0 Å². The topological polar surface area (TPSA) is 90.2 Å². The third-order valence-corrected chi connectivity index (χ3v) is 1.98. The first-order valence-corrected chi connectivity index (χ1v) is 6.48. The van der Waals surface area contributed by atoms with Crippen LogP contribution in [0.3, 0.4) is 0 Å². The van der Waals surface area contributed by atoms with Gasteiger partial charge in [-0.05, 0) is 24.3 Å². The molecule has 2 aromatic carbocycles. The van der Waals surface area contributed by atoms with Crippen LogP contribution in [0.15, 0.2) is 60.7 Å². The van der Waals surface area contributed by atoms with Crippen molar-refractivity contribution in [1.29, 1.82) is 0 Å². The molecule has 0 heterocycles. The van der Waals surface area contributed by atoms with E-state index in [2.05, 4.69) is 4.74 Å². The fourth-order valence-electron chi connectivity index (χ4n) is 1.09. The lowest BCUT2D eigenvalue weighted by atomic mass is 10.3. The van der Waals surface area contributed by atoms with Gasteiger partial charge >= 0.3 is 0 Å². The van der Waals surface area contributed by atoms with Crippen molar-refractivity contribution in [3.8, 4) is 11.5 Å². The quantitative estimate of drug-likeness (QED) is 0.645. The van der Waals surface area contributed by atoms with Crippen LogP contribution >= 0.6 is 0 Å². The Morgan fingerprint density at radius 3 is 1.14 bits per heavy atom. The van der Waals surface area contributed by atoms with E-state index >= 15 is 0 Å². The van der Waals surface area contributed by atoms with Gasteiger partial charge in [0.15, 0.2) is 0 Å². The summed E-state index contributed by atoms with van der Waals surface area (Å²) in [6.45, 7) is 0.696. The first-order chi connectivity index (χ1) is 10.2. The maximum absolute atomic E-state index is 8.63. The number of hydrogen-bond donors (Lipinski definition) is 4. The molecule has 2 rings (SSSR count). The number of benzene rings is 2. The summed E-state index contributed by atoms with van der Waals surface area (Å²) >= 11 is 0. The van der Waals surface area contributed by atoms with E-state index in [9.17, 15) is 0 Å². The number of phenolic OH excluding ortho intramolecular Hbond substituents is 2. The number of rotatable bonds is 4. The van der Waals surface area contributed by atoms with E-state index in [4.69, 9.17) is 20.4 Å². The van der Waals surface area contributed by atoms with Crippen molar-refractivity contribution in [1.82, 2.24) is 0 Å². The van der Waals surface area contributed by atoms with Gasteiger partial charge in [-0.1, -0.05) is 36.4 Å². The van der Waals surface area contributed by atoms with Gasteiger partial charge < -0.3 is 25.2 Å². The lowest BCUT2D eigenvalue weighted by Crippen LogP contribution is -2.03. The summed E-state index contributed by atoms with van der Waals surface area (Å²) in [4.78, 5) is 0. The monoisotopic (exact) mass is 294 g/mol. The lowest BCUT2D eigenvalue weighted by Gasteiger charge is -1.94. The molecule has 0 aliphatic heterocycles. The fourth-order valence-corrected chi connectivity index (χ4v) is 1.09. The smallest absolute Gasteiger partial charge is 0.115 e. The van der Waals surface area contributed by atoms with Gasteiger partial charge in [0, 0.05) is 0 Å². The highest BCUT2D eigenvalue weighted by molar-refractivity contribution is 5.19. The molecule has 0 spiro atoms. The van der Waals surface area contributed by atoms with E-state index in [1.54, 1.807) is 48.5 Å². The van der Waals surface area contributed by atoms with Gasteiger partial charge in [-0.25, -0.2) is 0 Å². The summed E-state index contributed by atoms with van der Waals surface area (Å²) in [5, 5.41) is 33.4. The zero-order valence-electron chi connectivity index (χ0n) is 11.8. The number of hydrogen-bond acceptors (Lipinski definition) is 5. The molecular formula is C16H22O5. The van der Waals surface area contributed by atoms with E-state index < -0.39 is 0 Å². The lowest BCUT2D eigenvalue weighted by molar-refractivity contribution is 0.0650. The molecule has 5 nitrogen and oxygen atoms in total. The molecule has 0 saturated heterocycles. The Morgan fingerprint density at radius 2 is 0.952 bits per heavy atom. The average Bonchev–Trinajstić information content (AvgIpc) is 2.51. The number of phenols is 2. The van der Waals surface area contributed by atoms with Crippen LogP contribution in [0, 0.1) is 0 Å². The minimum atomic E-state index is 0.0278. The fraction of sp³-hybridized carbons (Fsp3) is 0.250. The van der Waals surface area contributed by atoms with Crippen LogP contribution in [0.25, 0.3) is 0 Å². The Balaban J connectivity index is 0.000000286. The Bertz CT molecular complexity index is 378. The van der Waals surface area contributed by atoms with Gasteiger partial charge in [0.1, 0.15) is 11.5 Å². The second kappa shape index (κ2) is 14.3. The highest BCUT2D eigenvalue weighted by Crippen LogP contribution is 2.03. The Morgan fingerprint density at radius 1 is 0.619 bits per heavy atom. The summed E-state index contributed by atoms with van der Waals surface area (Å²) in [6.07, 6.45) is 0. The highest BCUT2D eigenvalue weighted by Gasteiger charge is 1.79. The number of aliphatic hydroxyl groups is 2. The molecule has 2 aromatic rings. The van der Waals surface area contributed by atoms with Crippen molar-refractivity contribution < 1.29 is 25.2 Å². The van der Waals surface area contributed by atoms with Crippen LogP contribution in [0.4, 0.5) is 0 Å². The van der Waals surface area contributed by atoms with Crippen molar-refractivity contribution in [2.75, 3.05) is 26.4 Å². The minimum Gasteiger partial charge on any atom is -0.508 e. The molecule has 5 heteroatoms. The van der Waals surface area contributed by atoms with Crippen molar-refractivity contribution in [3.05, 3.63) is 60.7 Å². The summed E-state index contributed by atoms with van der Waals surface area (Å²) in [6, 6.07) is 17.4. The summed E-state index contributed by atoms with van der Waals surface area (Å²) < 4.78 is 4.63. The third kappa shape index (κ3) is 14.1. The maximum atomic E-state index is 8.63. The first kappa shape index (κ1) is 18.9. The van der Waals surface area contributed by atoms with Crippen LogP contribution in [0.5, 0.6) is 11.5 Å². The number of para-hydroxylation sites is 2. The van der Waals surface area contributed by atoms with Crippen LogP contribution in [-0.4, -0.2) is 46.9 Å².